The fourth-order valence-electron chi connectivity index (χ4n) is 3.81. The number of Topliss-reactive ketones (excluding diaryl/α,β-unsaturated/α-hetero) is 1. The molecule has 0 saturated carbocycles. The van der Waals surface area contributed by atoms with Gasteiger partial charge in [-0.25, -0.2) is 0 Å². The zero-order chi connectivity index (χ0) is 20.4. The minimum atomic E-state index is -0.304. The Morgan fingerprint density at radius 2 is 1.34 bits per heavy atom. The first-order valence-corrected chi connectivity index (χ1v) is 9.85. The molecule has 0 bridgehead atoms. The number of fused-ring (bicyclic) bond motifs is 3. The first-order valence-electron chi connectivity index (χ1n) is 9.85. The van der Waals surface area contributed by atoms with Gasteiger partial charge in [-0.2, -0.15) is 0 Å². The standard InChI is InChI=1S/C25H24N2O2/c1-17(25(29)26-22-13-11-19(12-14-22)18(2)28)27-15-20-7-3-5-9-23(20)24-10-6-4-8-21(24)16-27/h3-14,17H,15-16H2,1-2H3,(H,26,29)/t17-/m0/s1. The lowest BCUT2D eigenvalue weighted by atomic mass is 9.97. The number of nitrogens with one attached hydrogen (secondary N) is 1. The highest BCUT2D eigenvalue weighted by molar-refractivity contribution is 5.97. The summed E-state index contributed by atoms with van der Waals surface area (Å²) in [4.78, 5) is 26.6. The van der Waals surface area contributed by atoms with Crippen LogP contribution in [0.5, 0.6) is 0 Å². The summed E-state index contributed by atoms with van der Waals surface area (Å²) in [6, 6.07) is 23.5. The number of amides is 1. The van der Waals surface area contributed by atoms with Gasteiger partial charge < -0.3 is 5.32 Å². The molecule has 1 amide bonds. The van der Waals surface area contributed by atoms with Crippen molar-refractivity contribution in [2.75, 3.05) is 5.32 Å². The lowest BCUT2D eigenvalue weighted by Crippen LogP contribution is -2.40. The van der Waals surface area contributed by atoms with Crippen LogP contribution >= 0.6 is 0 Å². The van der Waals surface area contributed by atoms with Crippen LogP contribution in [0.3, 0.4) is 0 Å². The predicted octanol–water partition coefficient (Wildman–Crippen LogP) is 4.90. The van der Waals surface area contributed by atoms with E-state index in [0.29, 0.717) is 24.3 Å². The summed E-state index contributed by atoms with van der Waals surface area (Å²) in [5.74, 6) is -0.0458. The Hall–Kier alpha value is -3.24. The topological polar surface area (TPSA) is 49.4 Å². The molecule has 4 heteroatoms. The third-order valence-corrected chi connectivity index (χ3v) is 5.56. The van der Waals surface area contributed by atoms with Gasteiger partial charge in [-0.1, -0.05) is 48.5 Å². The Morgan fingerprint density at radius 1 is 0.828 bits per heavy atom. The zero-order valence-corrected chi connectivity index (χ0v) is 16.7. The molecule has 4 rings (SSSR count). The van der Waals surface area contributed by atoms with Crippen LogP contribution in [0.25, 0.3) is 11.1 Å². The van der Waals surface area contributed by atoms with E-state index in [1.54, 1.807) is 24.3 Å². The summed E-state index contributed by atoms with van der Waals surface area (Å²) < 4.78 is 0. The number of hydrogen-bond acceptors (Lipinski definition) is 3. The number of ketones is 1. The van der Waals surface area contributed by atoms with Crippen LogP contribution in [0, 0.1) is 0 Å². The average Bonchev–Trinajstić information content (AvgIpc) is 2.90. The smallest absolute Gasteiger partial charge is 0.241 e. The van der Waals surface area contributed by atoms with Gasteiger partial charge in [0.15, 0.2) is 5.78 Å². The Labute approximate surface area is 171 Å². The first-order chi connectivity index (χ1) is 14.0. The highest BCUT2D eigenvalue weighted by Crippen LogP contribution is 2.33. The van der Waals surface area contributed by atoms with Crippen molar-refractivity contribution in [3.05, 3.63) is 89.5 Å². The highest BCUT2D eigenvalue weighted by atomic mass is 16.2. The lowest BCUT2D eigenvalue weighted by molar-refractivity contribution is -0.121. The van der Waals surface area contributed by atoms with Crippen LogP contribution in [-0.4, -0.2) is 22.6 Å². The fourth-order valence-corrected chi connectivity index (χ4v) is 3.81. The van der Waals surface area contributed by atoms with E-state index >= 15 is 0 Å². The molecule has 0 saturated heterocycles. The normalized spacial score (nSPS) is 14.3. The van der Waals surface area contributed by atoms with Crippen molar-refractivity contribution in [2.45, 2.75) is 33.0 Å². The van der Waals surface area contributed by atoms with Crippen LogP contribution in [0.1, 0.15) is 35.3 Å². The number of carbonyl (C=O) groups is 2. The van der Waals surface area contributed by atoms with E-state index in [0.717, 1.165) is 0 Å². The number of hydrogen-bond donors (Lipinski definition) is 1. The maximum Gasteiger partial charge on any atom is 0.241 e. The van der Waals surface area contributed by atoms with E-state index in [1.807, 2.05) is 19.1 Å². The molecule has 1 aliphatic heterocycles. The molecule has 29 heavy (non-hydrogen) atoms. The molecular formula is C25H24N2O2. The van der Waals surface area contributed by atoms with Gasteiger partial charge in [0.05, 0.1) is 6.04 Å². The average molecular weight is 384 g/mol. The van der Waals surface area contributed by atoms with Crippen LogP contribution < -0.4 is 5.32 Å². The van der Waals surface area contributed by atoms with E-state index in [4.69, 9.17) is 0 Å². The van der Waals surface area contributed by atoms with Crippen LogP contribution in [0.15, 0.2) is 72.8 Å². The zero-order valence-electron chi connectivity index (χ0n) is 16.7. The molecule has 146 valence electrons. The molecular weight excluding hydrogens is 360 g/mol. The minimum absolute atomic E-state index is 0.0122. The molecule has 1 atom stereocenters. The molecule has 4 nitrogen and oxygen atoms in total. The molecule has 1 N–H and O–H groups in total. The van der Waals surface area contributed by atoms with Gasteiger partial charge in [0, 0.05) is 24.3 Å². The molecule has 0 unspecified atom stereocenters. The van der Waals surface area contributed by atoms with Gasteiger partial charge in [0.2, 0.25) is 5.91 Å². The molecule has 0 spiro atoms. The van der Waals surface area contributed by atoms with E-state index in [9.17, 15) is 9.59 Å². The number of anilines is 1. The first kappa shape index (κ1) is 19.1. The summed E-state index contributed by atoms with van der Waals surface area (Å²) in [5.41, 5.74) is 6.25. The summed E-state index contributed by atoms with van der Waals surface area (Å²) in [5, 5.41) is 2.98. The Balaban J connectivity index is 1.56. The van der Waals surface area contributed by atoms with Crippen molar-refractivity contribution in [1.29, 1.82) is 0 Å². The summed E-state index contributed by atoms with van der Waals surface area (Å²) in [6.07, 6.45) is 0. The van der Waals surface area contributed by atoms with Crippen molar-refractivity contribution in [2.24, 2.45) is 0 Å². The van der Waals surface area contributed by atoms with Crippen LogP contribution in [0.4, 0.5) is 5.69 Å². The van der Waals surface area contributed by atoms with Crippen molar-refractivity contribution in [3.63, 3.8) is 0 Å². The Morgan fingerprint density at radius 3 is 1.86 bits per heavy atom. The predicted molar refractivity (Wildman–Crippen MR) is 116 cm³/mol. The van der Waals surface area contributed by atoms with Gasteiger partial charge in [-0.15, -0.1) is 0 Å². The number of nitrogens with zero attached hydrogens (tertiary/aromatic N) is 1. The van der Waals surface area contributed by atoms with E-state index in [-0.39, 0.29) is 17.7 Å². The maximum absolute atomic E-state index is 12.9. The molecule has 0 fully saturated rings. The molecule has 0 aliphatic carbocycles. The van der Waals surface area contributed by atoms with Gasteiger partial charge in [-0.05, 0) is 60.4 Å². The minimum Gasteiger partial charge on any atom is -0.325 e. The van der Waals surface area contributed by atoms with Crippen molar-refractivity contribution in [3.8, 4) is 11.1 Å². The second-order valence-electron chi connectivity index (χ2n) is 7.52. The second kappa shape index (κ2) is 8.02. The highest BCUT2D eigenvalue weighted by Gasteiger charge is 2.26. The summed E-state index contributed by atoms with van der Waals surface area (Å²) >= 11 is 0. The largest absolute Gasteiger partial charge is 0.325 e. The van der Waals surface area contributed by atoms with Crippen LogP contribution in [-0.2, 0) is 17.9 Å². The fraction of sp³-hybridized carbons (Fsp3) is 0.200. The van der Waals surface area contributed by atoms with E-state index < -0.39 is 0 Å². The third-order valence-electron chi connectivity index (χ3n) is 5.56. The number of benzene rings is 3. The number of carbonyl (C=O) groups excluding carboxylic acids is 2. The molecule has 1 heterocycles. The quantitative estimate of drug-likeness (QED) is 0.651. The van der Waals surface area contributed by atoms with Gasteiger partial charge in [0.1, 0.15) is 0 Å². The van der Waals surface area contributed by atoms with Gasteiger partial charge in [-0.3, -0.25) is 14.5 Å². The molecule has 3 aromatic rings. The molecule has 0 radical (unpaired) electrons. The number of rotatable bonds is 4. The van der Waals surface area contributed by atoms with Gasteiger partial charge >= 0.3 is 0 Å². The SMILES string of the molecule is CC(=O)c1ccc(NC(=O)[C@H](C)N2Cc3ccccc3-c3ccccc3C2)cc1. The molecule has 0 aromatic heterocycles. The van der Waals surface area contributed by atoms with Gasteiger partial charge in [0.25, 0.3) is 0 Å². The van der Waals surface area contributed by atoms with E-state index in [2.05, 4.69) is 46.6 Å². The second-order valence-corrected chi connectivity index (χ2v) is 7.52. The maximum atomic E-state index is 12.9. The Bertz CT molecular complexity index is 1010. The molecule has 3 aromatic carbocycles. The van der Waals surface area contributed by atoms with Crippen molar-refractivity contribution in [1.82, 2.24) is 4.90 Å². The Kier molecular flexibility index (Phi) is 5.28. The summed E-state index contributed by atoms with van der Waals surface area (Å²) in [6.45, 7) is 4.89. The third kappa shape index (κ3) is 3.98. The van der Waals surface area contributed by atoms with Crippen LogP contribution in [0.2, 0.25) is 0 Å². The van der Waals surface area contributed by atoms with Crippen molar-refractivity contribution >= 4 is 17.4 Å². The molecule has 1 aliphatic rings. The lowest BCUT2D eigenvalue weighted by Gasteiger charge is -2.27. The monoisotopic (exact) mass is 384 g/mol. The van der Waals surface area contributed by atoms with Crippen molar-refractivity contribution < 1.29 is 9.59 Å². The van der Waals surface area contributed by atoms with E-state index in [1.165, 1.54) is 29.2 Å². The summed E-state index contributed by atoms with van der Waals surface area (Å²) in [7, 11) is 0.